The molecule has 0 atom stereocenters. The fourth-order valence-electron chi connectivity index (χ4n) is 1.45. The van der Waals surface area contributed by atoms with Gasteiger partial charge in [0.05, 0.1) is 6.54 Å². The van der Waals surface area contributed by atoms with Gasteiger partial charge < -0.3 is 5.32 Å². The maximum absolute atomic E-state index is 4.30. The van der Waals surface area contributed by atoms with Gasteiger partial charge in [-0.1, -0.05) is 0 Å². The van der Waals surface area contributed by atoms with Gasteiger partial charge in [0.25, 0.3) is 0 Å². The molecule has 1 heterocycles. The highest BCUT2D eigenvalue weighted by Gasteiger charge is 2.28. The summed E-state index contributed by atoms with van der Waals surface area (Å²) in [5.41, 5.74) is 0.236. The smallest absolute Gasteiger partial charge is 0.0563 e. The second kappa shape index (κ2) is 2.06. The van der Waals surface area contributed by atoms with E-state index in [2.05, 4.69) is 38.0 Å². The Bertz CT molecular complexity index is 157. The Balaban J connectivity index is 2.73. The van der Waals surface area contributed by atoms with Crippen LogP contribution in [0.2, 0.25) is 0 Å². The maximum atomic E-state index is 4.30. The van der Waals surface area contributed by atoms with Crippen LogP contribution >= 0.6 is 0 Å². The van der Waals surface area contributed by atoms with Gasteiger partial charge in [-0.25, -0.2) is 0 Å². The molecule has 0 saturated carbocycles. The summed E-state index contributed by atoms with van der Waals surface area (Å²) in [5, 5.41) is 3.48. The Kier molecular flexibility index (Phi) is 1.59. The van der Waals surface area contributed by atoms with Crippen molar-refractivity contribution >= 4 is 6.21 Å². The second-order valence-electron chi connectivity index (χ2n) is 4.20. The zero-order valence-corrected chi connectivity index (χ0v) is 7.23. The number of nitrogens with zero attached hydrogens (tertiary/aromatic N) is 1. The normalized spacial score (nSPS) is 28.4. The average Bonchev–Trinajstić information content (AvgIpc) is 1.56. The molecule has 0 aromatic carbocycles. The molecule has 1 N–H and O–H groups in total. The highest BCUT2D eigenvalue weighted by atomic mass is 15.1. The molecular formula is C8H16N2. The van der Waals surface area contributed by atoms with Crippen molar-refractivity contribution in [1.82, 2.24) is 5.32 Å². The van der Waals surface area contributed by atoms with Crippen molar-refractivity contribution in [1.29, 1.82) is 0 Å². The molecule has 2 heteroatoms. The molecule has 1 rings (SSSR count). The van der Waals surface area contributed by atoms with E-state index in [0.717, 1.165) is 6.54 Å². The number of rotatable bonds is 0. The lowest BCUT2D eigenvalue weighted by atomic mass is 9.96. The minimum Gasteiger partial charge on any atom is -0.300 e. The van der Waals surface area contributed by atoms with Gasteiger partial charge in [-0.2, -0.15) is 0 Å². The lowest BCUT2D eigenvalue weighted by Gasteiger charge is -2.37. The topological polar surface area (TPSA) is 24.4 Å². The maximum Gasteiger partial charge on any atom is 0.0563 e. The molecule has 0 fully saturated rings. The van der Waals surface area contributed by atoms with Gasteiger partial charge in [-0.15, -0.1) is 0 Å². The zero-order chi connectivity index (χ0) is 7.83. The first-order valence-corrected chi connectivity index (χ1v) is 3.72. The Morgan fingerprint density at radius 3 is 2.20 bits per heavy atom. The highest BCUT2D eigenvalue weighted by molar-refractivity contribution is 5.70. The first-order chi connectivity index (χ1) is 4.41. The SMILES string of the molecule is CC1(C)C=NCC(C)(C)N1. The molecule has 0 spiro atoms. The number of hydrogen-bond acceptors (Lipinski definition) is 2. The van der Waals surface area contributed by atoms with Crippen LogP contribution in [0.25, 0.3) is 0 Å². The van der Waals surface area contributed by atoms with E-state index >= 15 is 0 Å². The molecule has 0 bridgehead atoms. The minimum atomic E-state index is 0.0712. The number of nitrogens with one attached hydrogen (secondary N) is 1. The predicted octanol–water partition coefficient (Wildman–Crippen LogP) is 1.22. The van der Waals surface area contributed by atoms with Crippen LogP contribution in [0.15, 0.2) is 4.99 Å². The minimum absolute atomic E-state index is 0.0712. The van der Waals surface area contributed by atoms with E-state index in [-0.39, 0.29) is 11.1 Å². The fraction of sp³-hybridized carbons (Fsp3) is 0.875. The molecule has 10 heavy (non-hydrogen) atoms. The Labute approximate surface area is 62.7 Å². The van der Waals surface area contributed by atoms with E-state index in [1.165, 1.54) is 0 Å². The molecule has 0 aromatic heterocycles. The molecule has 0 saturated heterocycles. The van der Waals surface area contributed by atoms with Crippen LogP contribution in [0.4, 0.5) is 0 Å². The molecule has 0 amide bonds. The molecule has 0 unspecified atom stereocenters. The lowest BCUT2D eigenvalue weighted by Crippen LogP contribution is -2.57. The summed E-state index contributed by atoms with van der Waals surface area (Å²) < 4.78 is 0. The van der Waals surface area contributed by atoms with Crippen LogP contribution < -0.4 is 5.32 Å². The lowest BCUT2D eigenvalue weighted by molar-refractivity contribution is 0.316. The Hall–Kier alpha value is -0.370. The Morgan fingerprint density at radius 1 is 1.30 bits per heavy atom. The van der Waals surface area contributed by atoms with Crippen molar-refractivity contribution in [2.24, 2.45) is 4.99 Å². The summed E-state index contributed by atoms with van der Waals surface area (Å²) in [6.07, 6.45) is 1.98. The van der Waals surface area contributed by atoms with E-state index in [1.54, 1.807) is 0 Å². The number of aliphatic imine (C=N–C) groups is 1. The van der Waals surface area contributed by atoms with E-state index < -0.39 is 0 Å². The third-order valence-corrected chi connectivity index (χ3v) is 1.56. The van der Waals surface area contributed by atoms with Crippen molar-refractivity contribution in [2.45, 2.75) is 38.8 Å². The van der Waals surface area contributed by atoms with Crippen LogP contribution in [0.5, 0.6) is 0 Å². The summed E-state index contributed by atoms with van der Waals surface area (Å²) in [6.45, 7) is 9.50. The quantitative estimate of drug-likeness (QED) is 0.537. The molecule has 1 aliphatic rings. The summed E-state index contributed by atoms with van der Waals surface area (Å²) in [4.78, 5) is 4.30. The van der Waals surface area contributed by atoms with Gasteiger partial charge in [-0.3, -0.25) is 4.99 Å². The third-order valence-electron chi connectivity index (χ3n) is 1.56. The molecule has 2 nitrogen and oxygen atoms in total. The van der Waals surface area contributed by atoms with Gasteiger partial charge in [0, 0.05) is 17.3 Å². The Morgan fingerprint density at radius 2 is 1.90 bits per heavy atom. The van der Waals surface area contributed by atoms with Gasteiger partial charge in [0.1, 0.15) is 0 Å². The van der Waals surface area contributed by atoms with E-state index in [0.29, 0.717) is 0 Å². The molecule has 1 aliphatic heterocycles. The van der Waals surface area contributed by atoms with Crippen LogP contribution in [0.1, 0.15) is 27.7 Å². The standard InChI is InChI=1S/C8H16N2/c1-7(2)5-9-6-8(3,4)10-7/h5,10H,6H2,1-4H3. The molecular weight excluding hydrogens is 124 g/mol. The van der Waals surface area contributed by atoms with E-state index in [9.17, 15) is 0 Å². The van der Waals surface area contributed by atoms with E-state index in [4.69, 9.17) is 0 Å². The van der Waals surface area contributed by atoms with Crippen molar-refractivity contribution in [3.05, 3.63) is 0 Å². The van der Waals surface area contributed by atoms with Gasteiger partial charge >= 0.3 is 0 Å². The van der Waals surface area contributed by atoms with Crippen LogP contribution in [0.3, 0.4) is 0 Å². The largest absolute Gasteiger partial charge is 0.300 e. The zero-order valence-electron chi connectivity index (χ0n) is 7.23. The van der Waals surface area contributed by atoms with Crippen LogP contribution in [-0.4, -0.2) is 23.8 Å². The predicted molar refractivity (Wildman–Crippen MR) is 44.7 cm³/mol. The van der Waals surface area contributed by atoms with Crippen molar-refractivity contribution in [2.75, 3.05) is 6.54 Å². The summed E-state index contributed by atoms with van der Waals surface area (Å²) >= 11 is 0. The monoisotopic (exact) mass is 140 g/mol. The third kappa shape index (κ3) is 1.81. The molecule has 0 aliphatic carbocycles. The first kappa shape index (κ1) is 7.73. The van der Waals surface area contributed by atoms with Gasteiger partial charge in [-0.05, 0) is 27.7 Å². The summed E-state index contributed by atoms with van der Waals surface area (Å²) in [6, 6.07) is 0. The summed E-state index contributed by atoms with van der Waals surface area (Å²) in [5.74, 6) is 0. The number of hydrogen-bond donors (Lipinski definition) is 1. The average molecular weight is 140 g/mol. The van der Waals surface area contributed by atoms with Crippen molar-refractivity contribution in [3.63, 3.8) is 0 Å². The van der Waals surface area contributed by atoms with Crippen molar-refractivity contribution in [3.8, 4) is 0 Å². The first-order valence-electron chi connectivity index (χ1n) is 3.72. The van der Waals surface area contributed by atoms with Gasteiger partial charge in [0.15, 0.2) is 0 Å². The van der Waals surface area contributed by atoms with Gasteiger partial charge in [0.2, 0.25) is 0 Å². The van der Waals surface area contributed by atoms with Crippen molar-refractivity contribution < 1.29 is 0 Å². The van der Waals surface area contributed by atoms with Crippen LogP contribution in [0, 0.1) is 0 Å². The highest BCUT2D eigenvalue weighted by Crippen LogP contribution is 2.14. The summed E-state index contributed by atoms with van der Waals surface area (Å²) in [7, 11) is 0. The van der Waals surface area contributed by atoms with E-state index in [1.807, 2.05) is 6.21 Å². The second-order valence-corrected chi connectivity index (χ2v) is 4.20. The molecule has 0 aromatic rings. The van der Waals surface area contributed by atoms with Crippen LogP contribution in [-0.2, 0) is 0 Å². The molecule has 58 valence electrons. The molecule has 0 radical (unpaired) electrons. The fourth-order valence-corrected chi connectivity index (χ4v) is 1.45.